The maximum absolute atomic E-state index is 2.67. The van der Waals surface area contributed by atoms with Crippen molar-refractivity contribution in [2.45, 2.75) is 77.8 Å². The lowest BCUT2D eigenvalue weighted by molar-refractivity contribution is 1.11. The molecule has 0 unspecified atom stereocenters. The SMILES string of the molecule is CC[Si](CC)(CC)c1cccc([Si](CC)(CC)CC)c1-n1cccc1P(c1ccccc1)c1ccccc1. The highest BCUT2D eigenvalue weighted by Crippen LogP contribution is 2.35. The van der Waals surface area contributed by atoms with Crippen molar-refractivity contribution < 1.29 is 0 Å². The van der Waals surface area contributed by atoms with Gasteiger partial charge in [-0.1, -0.05) is 157 Å². The highest BCUT2D eigenvalue weighted by Gasteiger charge is 2.38. The minimum absolute atomic E-state index is 0.682. The molecule has 0 saturated heterocycles. The van der Waals surface area contributed by atoms with Crippen LogP contribution in [0.1, 0.15) is 41.5 Å². The lowest BCUT2D eigenvalue weighted by Crippen LogP contribution is -2.55. The monoisotopic (exact) mass is 555 g/mol. The fourth-order valence-corrected chi connectivity index (χ4v) is 16.8. The largest absolute Gasteiger partial charge is 0.316 e. The van der Waals surface area contributed by atoms with E-state index < -0.39 is 24.1 Å². The first-order valence-electron chi connectivity index (χ1n) is 14.8. The molecule has 4 rings (SSSR count). The van der Waals surface area contributed by atoms with Crippen LogP contribution in [-0.2, 0) is 0 Å². The molecule has 3 aromatic carbocycles. The molecular weight excluding hydrogens is 510 g/mol. The Labute approximate surface area is 235 Å². The second kappa shape index (κ2) is 12.8. The lowest BCUT2D eigenvalue weighted by Gasteiger charge is -2.38. The zero-order valence-corrected chi connectivity index (χ0v) is 27.3. The molecule has 4 aromatic rings. The Bertz CT molecular complexity index is 1200. The molecule has 1 nitrogen and oxygen atoms in total. The van der Waals surface area contributed by atoms with Gasteiger partial charge in [0, 0.05) is 19.8 Å². The van der Waals surface area contributed by atoms with E-state index in [2.05, 4.69) is 143 Å². The van der Waals surface area contributed by atoms with Gasteiger partial charge in [-0.05, 0) is 33.1 Å². The molecule has 0 saturated carbocycles. The minimum atomic E-state index is -1.65. The van der Waals surface area contributed by atoms with Gasteiger partial charge in [-0.25, -0.2) is 0 Å². The first-order valence-corrected chi connectivity index (χ1v) is 21.3. The van der Waals surface area contributed by atoms with E-state index in [1.54, 1.807) is 16.1 Å². The summed E-state index contributed by atoms with van der Waals surface area (Å²) >= 11 is 0. The number of benzene rings is 3. The van der Waals surface area contributed by atoms with Crippen LogP contribution in [-0.4, -0.2) is 20.7 Å². The van der Waals surface area contributed by atoms with Gasteiger partial charge in [0.1, 0.15) is 0 Å². The normalized spacial score (nSPS) is 12.3. The standard InChI is InChI=1S/C34H46NPSi2/c1-7-37(8-2,9-3)31-25-19-26-32(38(10-4,11-5)12-6)34(31)35-28-20-27-33(35)36(29-21-15-13-16-22-29)30-23-17-14-18-24-30/h13-28H,7-12H2,1-6H3. The summed E-state index contributed by atoms with van der Waals surface area (Å²) in [6.07, 6.45) is 2.39. The fourth-order valence-electron chi connectivity index (χ4n) is 6.61. The lowest BCUT2D eigenvalue weighted by atomic mass is 10.3. The molecule has 0 N–H and O–H groups in total. The quantitative estimate of drug-likeness (QED) is 0.125. The third-order valence-corrected chi connectivity index (χ3v) is 23.1. The Morgan fingerprint density at radius 3 is 1.32 bits per heavy atom. The van der Waals surface area contributed by atoms with Crippen molar-refractivity contribution >= 4 is 50.5 Å². The van der Waals surface area contributed by atoms with Crippen LogP contribution >= 0.6 is 7.92 Å². The van der Waals surface area contributed by atoms with Crippen molar-refractivity contribution in [3.63, 3.8) is 0 Å². The Morgan fingerprint density at radius 1 is 0.500 bits per heavy atom. The van der Waals surface area contributed by atoms with Crippen LogP contribution in [0, 0.1) is 0 Å². The highest BCUT2D eigenvalue weighted by molar-refractivity contribution is 7.79. The molecule has 0 spiro atoms. The van der Waals surface area contributed by atoms with E-state index in [0.717, 1.165) is 0 Å². The summed E-state index contributed by atoms with van der Waals surface area (Å²) in [5.74, 6) is 0. The van der Waals surface area contributed by atoms with Crippen molar-refractivity contribution in [3.05, 3.63) is 97.2 Å². The van der Waals surface area contributed by atoms with Crippen molar-refractivity contribution in [1.82, 2.24) is 4.57 Å². The van der Waals surface area contributed by atoms with Gasteiger partial charge in [0.05, 0.1) is 21.6 Å². The Kier molecular flexibility index (Phi) is 9.68. The summed E-state index contributed by atoms with van der Waals surface area (Å²) in [4.78, 5) is 0. The van der Waals surface area contributed by atoms with Crippen LogP contribution in [0.5, 0.6) is 0 Å². The van der Waals surface area contributed by atoms with Crippen molar-refractivity contribution in [3.8, 4) is 5.69 Å². The van der Waals surface area contributed by atoms with E-state index >= 15 is 0 Å². The van der Waals surface area contributed by atoms with E-state index in [-0.39, 0.29) is 0 Å². The number of aromatic nitrogens is 1. The minimum Gasteiger partial charge on any atom is -0.316 e. The van der Waals surface area contributed by atoms with Crippen molar-refractivity contribution in [1.29, 1.82) is 0 Å². The smallest absolute Gasteiger partial charge is 0.0886 e. The molecule has 0 fully saturated rings. The second-order valence-corrected chi connectivity index (χ2v) is 23.2. The highest BCUT2D eigenvalue weighted by atomic mass is 31.1. The van der Waals surface area contributed by atoms with Gasteiger partial charge in [0.15, 0.2) is 0 Å². The van der Waals surface area contributed by atoms with Gasteiger partial charge in [0.2, 0.25) is 0 Å². The average Bonchev–Trinajstić information content (AvgIpc) is 3.46. The third kappa shape index (κ3) is 5.18. The van der Waals surface area contributed by atoms with Crippen LogP contribution in [0.4, 0.5) is 0 Å². The zero-order valence-electron chi connectivity index (χ0n) is 24.4. The number of para-hydroxylation sites is 1. The Balaban J connectivity index is 2.09. The molecule has 0 atom stereocenters. The van der Waals surface area contributed by atoms with Gasteiger partial charge in [0.25, 0.3) is 0 Å². The Hall–Kier alpha value is -2.20. The number of hydrogen-bond acceptors (Lipinski definition) is 0. The van der Waals surface area contributed by atoms with Crippen LogP contribution in [0.15, 0.2) is 97.2 Å². The van der Waals surface area contributed by atoms with E-state index in [1.807, 2.05) is 0 Å². The summed E-state index contributed by atoms with van der Waals surface area (Å²) < 4.78 is 2.67. The van der Waals surface area contributed by atoms with Gasteiger partial charge >= 0.3 is 0 Å². The predicted molar refractivity (Wildman–Crippen MR) is 178 cm³/mol. The van der Waals surface area contributed by atoms with Gasteiger partial charge < -0.3 is 4.57 Å². The number of hydrogen-bond donors (Lipinski definition) is 0. The van der Waals surface area contributed by atoms with Gasteiger partial charge in [-0.2, -0.15) is 0 Å². The zero-order chi connectivity index (χ0) is 27.2. The van der Waals surface area contributed by atoms with Crippen molar-refractivity contribution in [2.75, 3.05) is 0 Å². The second-order valence-electron chi connectivity index (χ2n) is 10.6. The molecular formula is C34H46NPSi2. The van der Waals surface area contributed by atoms with E-state index in [9.17, 15) is 0 Å². The molecule has 1 aromatic heterocycles. The molecule has 200 valence electrons. The van der Waals surface area contributed by atoms with E-state index in [1.165, 1.54) is 52.3 Å². The van der Waals surface area contributed by atoms with Crippen molar-refractivity contribution in [2.24, 2.45) is 0 Å². The molecule has 38 heavy (non-hydrogen) atoms. The molecule has 0 amide bonds. The van der Waals surface area contributed by atoms with Crippen LogP contribution in [0.3, 0.4) is 0 Å². The summed E-state index contributed by atoms with van der Waals surface area (Å²) in [6.45, 7) is 14.7. The number of nitrogens with zero attached hydrogens (tertiary/aromatic N) is 1. The molecule has 0 aliphatic carbocycles. The summed E-state index contributed by atoms with van der Waals surface area (Å²) in [5.41, 5.74) is 3.02. The maximum atomic E-state index is 2.67. The predicted octanol–water partition coefficient (Wildman–Crippen LogP) is 7.67. The van der Waals surface area contributed by atoms with E-state index in [0.29, 0.717) is 0 Å². The summed E-state index contributed by atoms with van der Waals surface area (Å²) in [6, 6.07) is 42.4. The van der Waals surface area contributed by atoms with E-state index in [4.69, 9.17) is 0 Å². The molecule has 0 aliphatic rings. The maximum Gasteiger partial charge on any atom is 0.0886 e. The van der Waals surface area contributed by atoms with Crippen LogP contribution < -0.4 is 26.4 Å². The topological polar surface area (TPSA) is 4.93 Å². The third-order valence-electron chi connectivity index (χ3n) is 9.47. The molecule has 0 aliphatic heterocycles. The molecule has 0 radical (unpaired) electrons. The van der Waals surface area contributed by atoms with Gasteiger partial charge in [-0.3, -0.25) is 0 Å². The fraction of sp³-hybridized carbons (Fsp3) is 0.353. The average molecular weight is 556 g/mol. The van der Waals surface area contributed by atoms with Crippen LogP contribution in [0.2, 0.25) is 36.3 Å². The van der Waals surface area contributed by atoms with Crippen LogP contribution in [0.25, 0.3) is 5.69 Å². The first-order chi connectivity index (χ1) is 18.5. The van der Waals surface area contributed by atoms with Gasteiger partial charge in [-0.15, -0.1) is 0 Å². The first kappa shape index (κ1) is 28.8. The number of rotatable bonds is 12. The molecule has 1 heterocycles. The summed E-state index contributed by atoms with van der Waals surface area (Å²) in [7, 11) is -3.98. The molecule has 4 heteroatoms. The summed E-state index contributed by atoms with van der Waals surface area (Å²) in [5, 5.41) is 6.23. The Morgan fingerprint density at radius 2 is 0.921 bits per heavy atom. The molecule has 0 bridgehead atoms.